The van der Waals surface area contributed by atoms with Crippen LogP contribution in [0, 0.1) is 22.7 Å². The van der Waals surface area contributed by atoms with Gasteiger partial charge in [0.2, 0.25) is 0 Å². The molecule has 59 heavy (non-hydrogen) atoms. The van der Waals surface area contributed by atoms with Crippen molar-refractivity contribution in [3.05, 3.63) is 56.0 Å². The van der Waals surface area contributed by atoms with Gasteiger partial charge in [0.05, 0.1) is 16.7 Å². The van der Waals surface area contributed by atoms with Crippen LogP contribution in [0.3, 0.4) is 0 Å². The lowest BCUT2D eigenvalue weighted by Gasteiger charge is -2.36. The van der Waals surface area contributed by atoms with Crippen molar-refractivity contribution >= 4 is 46.3 Å². The lowest BCUT2D eigenvalue weighted by Crippen LogP contribution is -2.55. The number of carbonyl (C=O) groups is 8. The summed E-state index contributed by atoms with van der Waals surface area (Å²) in [5, 5.41) is 91.6. The zero-order chi connectivity index (χ0) is 45.0. The number of phenols is 6. The van der Waals surface area contributed by atoms with E-state index in [9.17, 15) is 79.2 Å². The molecule has 1 fully saturated rings. The fourth-order valence-corrected chi connectivity index (χ4v) is 7.63. The van der Waals surface area contributed by atoms with Gasteiger partial charge in [0.1, 0.15) is 68.6 Å². The number of aliphatic hydroxyl groups is 2. The summed E-state index contributed by atoms with van der Waals surface area (Å²) in [5.41, 5.74) is -9.17. The molecule has 0 aromatic heterocycles. The van der Waals surface area contributed by atoms with Crippen LogP contribution in [-0.4, -0.2) is 87.1 Å². The smallest absolute Gasteiger partial charge is 0.183 e. The van der Waals surface area contributed by atoms with Gasteiger partial charge in [-0.1, -0.05) is 27.7 Å². The van der Waals surface area contributed by atoms with Crippen LogP contribution < -0.4 is 0 Å². The molecule has 0 amide bonds. The van der Waals surface area contributed by atoms with Crippen molar-refractivity contribution in [2.75, 3.05) is 0 Å². The molecule has 0 radical (unpaired) electrons. The minimum atomic E-state index is -1.87. The molecule has 16 heteroatoms. The van der Waals surface area contributed by atoms with Crippen molar-refractivity contribution in [1.82, 2.24) is 0 Å². The van der Waals surface area contributed by atoms with Gasteiger partial charge in [-0.25, -0.2) is 0 Å². The fraction of sp³-hybridized carbons (Fsp3) is 0.442. The van der Waals surface area contributed by atoms with E-state index in [0.29, 0.717) is 0 Å². The summed E-state index contributed by atoms with van der Waals surface area (Å²) in [6.45, 7) is 10.5. The summed E-state index contributed by atoms with van der Waals surface area (Å²) in [7, 11) is 0. The molecule has 0 spiro atoms. The predicted octanol–water partition coefficient (Wildman–Crippen LogP) is 4.95. The Balaban J connectivity index is 2.04. The summed E-state index contributed by atoms with van der Waals surface area (Å²) in [5.74, 6) is -19.1. The van der Waals surface area contributed by atoms with Gasteiger partial charge >= 0.3 is 0 Å². The highest BCUT2D eigenvalue weighted by Crippen LogP contribution is 2.51. The maximum Gasteiger partial charge on any atom is 0.183 e. The number of hydrogen-bond donors (Lipinski definition) is 8. The van der Waals surface area contributed by atoms with Crippen molar-refractivity contribution in [1.29, 1.82) is 0 Å². The second-order valence-electron chi connectivity index (χ2n) is 15.7. The van der Waals surface area contributed by atoms with Crippen molar-refractivity contribution < 1.29 is 79.2 Å². The normalized spacial score (nSPS) is 19.1. The molecule has 1 saturated carbocycles. The van der Waals surface area contributed by atoms with Gasteiger partial charge in [0.25, 0.3) is 0 Å². The Kier molecular flexibility index (Phi) is 12.4. The van der Waals surface area contributed by atoms with Crippen LogP contribution in [0.5, 0.6) is 34.5 Å². The zero-order valence-electron chi connectivity index (χ0n) is 33.9. The number of aliphatic hydroxyl groups excluding tert-OH is 2. The second kappa shape index (κ2) is 16.1. The number of Topliss-reactive ketones (excluding diaryl/α,β-unsaturated/α-hetero) is 8. The number of allylic oxidation sites excluding steroid dienone is 3. The van der Waals surface area contributed by atoms with Crippen LogP contribution in [0.4, 0.5) is 0 Å². The lowest BCUT2D eigenvalue weighted by atomic mass is 9.62. The monoisotopic (exact) mass is 820 g/mol. The maximum absolute atomic E-state index is 13.7. The first kappa shape index (κ1) is 45.4. The molecule has 16 nitrogen and oxygen atoms in total. The average Bonchev–Trinajstić information content (AvgIpc) is 3.18. The van der Waals surface area contributed by atoms with Gasteiger partial charge < -0.3 is 40.9 Å². The van der Waals surface area contributed by atoms with E-state index < -0.39 is 179 Å². The Bertz CT molecular complexity index is 2330. The summed E-state index contributed by atoms with van der Waals surface area (Å²) in [4.78, 5) is 106. The standard InChI is InChI=1S/C43H48O16/c1-9-22(44)26-32(50)16(30(48)18(34(26)52)14-20-36(54)28(24(46)11-3)40(58)42(5,6)38(20)56)13-17-31(49)19(35(53)27(33(17)51)23(45)10-2)15-21-37(55)29(25(47)12-4)41(59)43(7,8)39(21)57/h20,28,48-53,55,57H,9-15H2,1-8H3. The van der Waals surface area contributed by atoms with E-state index in [4.69, 9.17) is 0 Å². The number of aromatic hydroxyl groups is 6. The summed E-state index contributed by atoms with van der Waals surface area (Å²) < 4.78 is 0. The van der Waals surface area contributed by atoms with Crippen molar-refractivity contribution in [2.24, 2.45) is 22.7 Å². The zero-order valence-corrected chi connectivity index (χ0v) is 33.9. The minimum absolute atomic E-state index is 0.231. The van der Waals surface area contributed by atoms with E-state index in [1.165, 1.54) is 55.4 Å². The molecular weight excluding hydrogens is 772 g/mol. The van der Waals surface area contributed by atoms with Crippen molar-refractivity contribution in [2.45, 2.75) is 100 Å². The molecule has 8 N–H and O–H groups in total. The Labute approximate surface area is 338 Å². The molecule has 2 aliphatic carbocycles. The van der Waals surface area contributed by atoms with Crippen LogP contribution in [-0.2, 0) is 48.0 Å². The first-order valence-corrected chi connectivity index (χ1v) is 19.0. The maximum atomic E-state index is 13.7. The third kappa shape index (κ3) is 7.14. The highest BCUT2D eigenvalue weighted by molar-refractivity contribution is 6.33. The Morgan fingerprint density at radius 3 is 1.39 bits per heavy atom. The summed E-state index contributed by atoms with van der Waals surface area (Å²) in [6.07, 6.45) is -3.94. The SMILES string of the molecule is CCC(=O)C1=C(O)C(Cc2c(O)c(Cc3c(O)c(CC4C(=O)C(C(=O)CC)C(=O)C(C)(C)C4=O)c(O)c(C(=O)CC)c3O)c(O)c(C(=O)CC)c2O)=C(O)C(C)(C)C1=O. The number of carbonyl (C=O) groups excluding carboxylic acids is 8. The molecular formula is C43H48O16. The predicted molar refractivity (Wildman–Crippen MR) is 207 cm³/mol. The number of benzene rings is 2. The average molecular weight is 821 g/mol. The number of rotatable bonds is 14. The lowest BCUT2D eigenvalue weighted by molar-refractivity contribution is -0.157. The molecule has 0 aliphatic heterocycles. The van der Waals surface area contributed by atoms with Gasteiger partial charge in [-0.15, -0.1) is 0 Å². The quantitative estimate of drug-likeness (QED) is 0.0710. The van der Waals surface area contributed by atoms with Gasteiger partial charge in [0, 0.05) is 66.4 Å². The van der Waals surface area contributed by atoms with E-state index >= 15 is 0 Å². The van der Waals surface area contributed by atoms with E-state index in [0.717, 1.165) is 0 Å². The number of phenolic OH excluding ortho intramolecular Hbond substituents is 6. The second-order valence-corrected chi connectivity index (χ2v) is 15.7. The Hall–Kier alpha value is -6.32. The molecule has 0 bridgehead atoms. The van der Waals surface area contributed by atoms with Crippen LogP contribution in [0.15, 0.2) is 22.7 Å². The highest BCUT2D eigenvalue weighted by Gasteiger charge is 2.56. The molecule has 2 atom stereocenters. The van der Waals surface area contributed by atoms with Gasteiger partial charge in [0.15, 0.2) is 46.3 Å². The molecule has 2 aromatic rings. The largest absolute Gasteiger partial charge is 0.511 e. The highest BCUT2D eigenvalue weighted by atomic mass is 16.3. The van der Waals surface area contributed by atoms with Gasteiger partial charge in [-0.2, -0.15) is 0 Å². The summed E-state index contributed by atoms with van der Waals surface area (Å²) >= 11 is 0. The third-order valence-electron chi connectivity index (χ3n) is 11.5. The molecule has 4 rings (SSSR count). The van der Waals surface area contributed by atoms with Crippen LogP contribution in [0.1, 0.15) is 124 Å². The number of hydrogen-bond acceptors (Lipinski definition) is 16. The Morgan fingerprint density at radius 2 is 0.949 bits per heavy atom. The van der Waals surface area contributed by atoms with E-state index in [2.05, 4.69) is 0 Å². The van der Waals surface area contributed by atoms with Crippen LogP contribution in [0.2, 0.25) is 0 Å². The van der Waals surface area contributed by atoms with Crippen molar-refractivity contribution in [3.63, 3.8) is 0 Å². The van der Waals surface area contributed by atoms with E-state index in [1.54, 1.807) is 0 Å². The van der Waals surface area contributed by atoms with Crippen molar-refractivity contribution in [3.8, 4) is 34.5 Å². The first-order chi connectivity index (χ1) is 27.3. The molecule has 2 unspecified atom stereocenters. The molecule has 2 aromatic carbocycles. The van der Waals surface area contributed by atoms with Crippen LogP contribution in [0.25, 0.3) is 0 Å². The van der Waals surface area contributed by atoms with Gasteiger partial charge in [-0.05, 0) is 34.1 Å². The minimum Gasteiger partial charge on any atom is -0.511 e. The topological polar surface area (TPSA) is 298 Å². The Morgan fingerprint density at radius 1 is 0.525 bits per heavy atom. The van der Waals surface area contributed by atoms with Crippen LogP contribution >= 0.6 is 0 Å². The molecule has 2 aliphatic rings. The third-order valence-corrected chi connectivity index (χ3v) is 11.5. The van der Waals surface area contributed by atoms with Gasteiger partial charge in [-0.3, -0.25) is 38.4 Å². The molecule has 0 saturated heterocycles. The summed E-state index contributed by atoms with van der Waals surface area (Å²) in [6, 6.07) is 0. The fourth-order valence-electron chi connectivity index (χ4n) is 7.63. The first-order valence-electron chi connectivity index (χ1n) is 19.0. The molecule has 316 valence electrons. The molecule has 0 heterocycles. The number of ketones is 8. The van der Waals surface area contributed by atoms with E-state index in [-0.39, 0.29) is 25.7 Å². The van der Waals surface area contributed by atoms with E-state index in [1.807, 2.05) is 0 Å².